The molecule has 3 heterocycles. The topological polar surface area (TPSA) is 317 Å². The average molecular weight is 1480 g/mol. The van der Waals surface area contributed by atoms with Gasteiger partial charge in [-0.2, -0.15) is 0 Å². The summed E-state index contributed by atoms with van der Waals surface area (Å²) >= 11 is 0. The molecule has 3 aliphatic rings. The summed E-state index contributed by atoms with van der Waals surface area (Å²) in [4.78, 5) is 80.0. The van der Waals surface area contributed by atoms with Crippen LogP contribution in [-0.2, 0) is 84.3 Å². The van der Waals surface area contributed by atoms with Gasteiger partial charge in [0, 0.05) is 183 Å². The zero-order valence-electron chi connectivity index (χ0n) is 126. The molecule has 3 fully saturated rings. The van der Waals surface area contributed by atoms with Gasteiger partial charge in [0.1, 0.15) is 59.8 Å². The molecule has 0 aromatic heterocycles. The van der Waals surface area contributed by atoms with Crippen molar-refractivity contribution in [3.05, 3.63) is 108 Å². The first-order chi connectivity index (χ1) is 79.1. The minimum atomic E-state index is -1.56. The lowest BCUT2D eigenvalue weighted by Crippen LogP contribution is -2.60. The van der Waals surface area contributed by atoms with Gasteiger partial charge in [0.15, 0.2) is 0 Å². The molecule has 15 atom stereocenters. The monoisotopic (exact) mass is 1480 g/mol. The molecule has 6 N–H and O–H groups in total. The van der Waals surface area contributed by atoms with Crippen LogP contribution < -0.4 is 20.1 Å². The molecule has 0 bridgehead atoms. The van der Waals surface area contributed by atoms with E-state index in [1.807, 2.05) is 33.8 Å². The summed E-state index contributed by atoms with van der Waals surface area (Å²) in [5.41, 5.74) is 4.33. The minimum absolute atomic E-state index is 0.139. The number of amides is 2. The summed E-state index contributed by atoms with van der Waals surface area (Å²) in [5, 5.41) is 44.9. The van der Waals surface area contributed by atoms with E-state index in [1.165, 1.54) is 72.7 Å². The van der Waals surface area contributed by atoms with E-state index in [4.69, 9.17) is 157 Å². The Balaban J connectivity index is -0.0000000393. The Bertz CT molecular complexity index is 3200. The van der Waals surface area contributed by atoms with E-state index >= 15 is 0 Å². The number of halogens is 2. The quantitative estimate of drug-likeness (QED) is 0.0354. The van der Waals surface area contributed by atoms with Crippen LogP contribution in [0.5, 0.6) is 11.5 Å². The number of rotatable bonds is 20. The highest BCUT2D eigenvalue weighted by molar-refractivity contribution is 5.74. The third kappa shape index (κ3) is 21.3. The molecule has 3 aliphatic heterocycles. The fraction of sp³-hybridized carbons (Fsp3) is 0.516. The van der Waals surface area contributed by atoms with Gasteiger partial charge in [-0.1, -0.05) is 64.1 Å². The molecule has 25 heteroatoms. The SMILES string of the molecule is CC(=O)NCCc1ccc(OC2O[C@H](CO)[C@@H](O)[C@H](O)[C@H]2O)cc1-c1cccc(F)c1.CC[C@H]1OC(Oc2ccc(CCNC(C)=O)c(-c3cccc(F)c3)c2)[C@H](OC(C)=O)[C@@H](OC(C)=O)[C@@H]1C.CC[C@H]1O[C@@H](OC(C)=O)[C@H](OC(C)=O)[C@@H](OC(C)=O)[C@@H]1C.[3H][3H].[3H][3H].[3H][3H].[3H][3H].[3H][3H].[3H][3H].[3H][3H].[3H][3H].[3H][3H].[3H][3H].[3H][3H].[3H][3H].[3H][3H].[3H][3H].[3H][3H].[3H][3H].[3H][3H].[3H][3H].[3H][3H].[3H][3H].[3H][3H].[3H][3H].[3H][3H].[3H][3H].[3H][3H].[3H][3H].[3H][3H].[3H][3H].[3H][3H].[3H][3H].[3H][3H].[3H][3H].[3H][3H].[3H][3H].[3H][3H].[3H][3H].[3H][3H]. The Kier molecular flexibility index (Phi) is 13.5. The Morgan fingerprint density at radius 3 is 1.26 bits per heavy atom. The first-order valence-electron chi connectivity index (χ1n) is 66.2. The lowest BCUT2D eigenvalue weighted by Gasteiger charge is -2.43. The number of aliphatic hydroxyl groups is 4. The van der Waals surface area contributed by atoms with E-state index in [0.29, 0.717) is 61.2 Å². The molecule has 4 aromatic carbocycles. The number of aliphatic hydroxyl groups excluding tert-OH is 4. The van der Waals surface area contributed by atoms with Crippen LogP contribution in [-0.4, -0.2) is 162 Å². The fourth-order valence-electron chi connectivity index (χ4n) is 10.5. The Morgan fingerprint density at radius 1 is 0.494 bits per heavy atom. The molecule has 2 unspecified atom stereocenters. The average Bonchev–Trinajstić information content (AvgIpc) is 0.785. The van der Waals surface area contributed by atoms with Crippen molar-refractivity contribution in [3.63, 3.8) is 0 Å². The van der Waals surface area contributed by atoms with Gasteiger partial charge in [-0.15, -0.1) is 0 Å². The van der Waals surface area contributed by atoms with Gasteiger partial charge in [-0.3, -0.25) is 33.6 Å². The Labute approximate surface area is 629 Å². The second kappa shape index (κ2) is 34.4. The van der Waals surface area contributed by atoms with Gasteiger partial charge in [0.05, 0.1) is 18.8 Å². The maximum atomic E-state index is 14.1. The molecule has 0 spiro atoms. The van der Waals surface area contributed by atoms with Crippen molar-refractivity contribution in [2.45, 2.75) is 182 Å². The molecule has 562 valence electrons. The maximum absolute atomic E-state index is 14.1. The number of carbonyl (C=O) groups is 7. The van der Waals surface area contributed by atoms with Crippen LogP contribution >= 0.6 is 0 Å². The molecule has 4 aromatic rings. The van der Waals surface area contributed by atoms with Gasteiger partial charge in [-0.05, 0) is 108 Å². The predicted molar refractivity (Wildman–Crippen MR) is 392 cm³/mol. The molecule has 0 aliphatic carbocycles. The smallest absolute Gasteiger partial charge is 0.305 e. The van der Waals surface area contributed by atoms with Crippen LogP contribution in [0.1, 0.15) is 210 Å². The lowest BCUT2D eigenvalue weighted by molar-refractivity contribution is -0.281. The number of hydrogen-bond donors (Lipinski definition) is 6. The number of ether oxygens (including phenoxy) is 10. The molecule has 89 heavy (non-hydrogen) atoms. The molecule has 3 saturated heterocycles. The Morgan fingerprint density at radius 2 is 0.876 bits per heavy atom. The van der Waals surface area contributed by atoms with Gasteiger partial charge in [0.25, 0.3) is 0 Å². The summed E-state index contributed by atoms with van der Waals surface area (Å²) in [6.07, 6.45) is -10.9. The number of carbonyl (C=O) groups excluding carboxylic acids is 7. The third-order valence-corrected chi connectivity index (χ3v) is 14.6. The molecule has 7 rings (SSSR count). The summed E-state index contributed by atoms with van der Waals surface area (Å²) in [7, 11) is 0. The van der Waals surface area contributed by atoms with Crippen LogP contribution in [0.25, 0.3) is 22.3 Å². The van der Waals surface area contributed by atoms with Gasteiger partial charge in [0.2, 0.25) is 42.9 Å². The van der Waals surface area contributed by atoms with E-state index in [2.05, 4.69) is 10.6 Å². The molecular formula is C64H156F2N2O21. The van der Waals surface area contributed by atoms with E-state index in [-0.39, 0.29) is 47.4 Å². The molecule has 23 nitrogen and oxygen atoms in total. The summed E-state index contributed by atoms with van der Waals surface area (Å²) in [5.74, 6) is -3.55. The van der Waals surface area contributed by atoms with E-state index in [0.717, 1.165) is 16.7 Å². The zero-order chi connectivity index (χ0) is 140. The highest BCUT2D eigenvalue weighted by Crippen LogP contribution is 2.37. The van der Waals surface area contributed by atoms with Gasteiger partial charge >= 0.3 is 29.8 Å². The summed E-state index contributed by atoms with van der Waals surface area (Å²) < 4.78 is 454. The standard InChI is InChI=1S/C28H34FNO7.C22H26FNO7.C14H22O7.37H2/c1-6-25-16(2)26(34-18(4)32)27(35-19(5)33)28(37-25)36-23-11-10-20(12-13-30-17(3)31)24(15-23)21-8-7-9-22(29)14-21;1-12(26)24-8-7-13-5-6-16(10-17(13)14-3-2-4-15(23)9-14)30-22-21(29)20(28)19(27)18(11-25)31-22;1-6-11-7(2)12(18-8(3)15)13(19-9(4)16)14(21-11)20-10(5)17;;;;;;;;;;;;;;;;;;;;;;;;;;;;;;;;;;;;;/h7-11,14-16,25-28H,6,12-13H2,1-5H3,(H,30,31);2-6,9-10,18-22,25,27-29H,7-8,11H2,1H3,(H,24,26);7,11-14H,6H2,1-5H3;37*1H/t16-,25-,26+,27-,28?;18-,19-,20+,21-,22?;7-,11-,12+,13-,14-;;;;;;;;;;;;;;;;;;;;;;;;;;;;;;;;;;;;;/m111...................................../s1/i;;;37*1+2T. The van der Waals surface area contributed by atoms with Crippen molar-refractivity contribution in [2.75, 3.05) is 19.7 Å². The molecular weight excluding hydrogens is 1170 g/mol. The second-order valence-corrected chi connectivity index (χ2v) is 21.6. The van der Waals surface area contributed by atoms with Crippen LogP contribution in [0.4, 0.5) is 8.78 Å². The summed E-state index contributed by atoms with van der Waals surface area (Å²) in [6, 6.07) is 22.5. The number of esters is 5. The highest BCUT2D eigenvalue weighted by atomic mass is 19.1. The molecule has 0 saturated carbocycles. The highest BCUT2D eigenvalue weighted by Gasteiger charge is 2.50. The van der Waals surface area contributed by atoms with E-state index in [1.54, 1.807) is 54.6 Å². The normalized spacial score (nSPS) is 29.5. The van der Waals surface area contributed by atoms with Crippen molar-refractivity contribution < 1.29 is 220 Å². The van der Waals surface area contributed by atoms with Crippen molar-refractivity contribution in [2.24, 2.45) is 11.8 Å². The van der Waals surface area contributed by atoms with Crippen molar-refractivity contribution in [1.82, 2.24) is 10.6 Å². The van der Waals surface area contributed by atoms with Crippen LogP contribution in [0.15, 0.2) is 84.9 Å². The lowest BCUT2D eigenvalue weighted by atomic mass is 9.89. The largest absolute Gasteiger partial charge is 0.462 e. The van der Waals surface area contributed by atoms with Crippen molar-refractivity contribution in [3.8, 4) is 33.8 Å². The summed E-state index contributed by atoms with van der Waals surface area (Å²) in [6.45, 7) is 17.0. The van der Waals surface area contributed by atoms with E-state index < -0.39 is 110 Å². The van der Waals surface area contributed by atoms with E-state index in [9.17, 15) is 62.8 Å². The van der Waals surface area contributed by atoms with Crippen LogP contribution in [0.3, 0.4) is 0 Å². The second-order valence-electron chi connectivity index (χ2n) is 21.6. The molecule has 2 amide bonds. The fourth-order valence-corrected chi connectivity index (χ4v) is 10.5. The van der Waals surface area contributed by atoms with Crippen LogP contribution in [0, 0.1) is 23.5 Å². The van der Waals surface area contributed by atoms with Gasteiger partial charge < -0.3 is 78.4 Å². The number of nitrogens with one attached hydrogen (secondary N) is 2. The maximum Gasteiger partial charge on any atom is 0.305 e. The minimum Gasteiger partial charge on any atom is -0.462 e. The van der Waals surface area contributed by atoms with Crippen LogP contribution in [0.2, 0.25) is 0 Å². The molecule has 0 radical (unpaired) electrons. The first kappa shape index (κ1) is 35.1. The number of hydrogen-bond acceptors (Lipinski definition) is 21. The van der Waals surface area contributed by atoms with Crippen molar-refractivity contribution in [1.29, 1.82) is 0 Å². The number of benzene rings is 4. The van der Waals surface area contributed by atoms with Crippen molar-refractivity contribution >= 4 is 41.7 Å². The first-order valence-corrected chi connectivity index (χ1v) is 29.2. The Hall–Kier alpha value is -7.65. The van der Waals surface area contributed by atoms with Gasteiger partial charge in [-0.25, -0.2) is 8.78 Å². The predicted octanol–water partition coefficient (Wildman–Crippen LogP) is 14.8. The zero-order valence-corrected chi connectivity index (χ0v) is 51.7. The third-order valence-electron chi connectivity index (χ3n) is 14.6.